The van der Waals surface area contributed by atoms with Crippen molar-refractivity contribution in [3.8, 4) is 5.75 Å². The molecule has 2 aliphatic heterocycles. The Morgan fingerprint density at radius 1 is 1.19 bits per heavy atom. The van der Waals surface area contributed by atoms with E-state index in [0.29, 0.717) is 17.9 Å². The van der Waals surface area contributed by atoms with Gasteiger partial charge in [-0.15, -0.1) is 0 Å². The van der Waals surface area contributed by atoms with E-state index in [1.165, 1.54) is 12.8 Å². The molecule has 31 heavy (non-hydrogen) atoms. The molecular weight excluding hydrogens is 414 g/mol. The van der Waals surface area contributed by atoms with Crippen LogP contribution >= 0.6 is 0 Å². The van der Waals surface area contributed by atoms with Gasteiger partial charge < -0.3 is 14.5 Å². The minimum atomic E-state index is -3.36. The quantitative estimate of drug-likeness (QED) is 0.712. The second-order valence-electron chi connectivity index (χ2n) is 8.39. The molecule has 0 saturated carbocycles. The summed E-state index contributed by atoms with van der Waals surface area (Å²) in [6.45, 7) is 2.92. The van der Waals surface area contributed by atoms with E-state index in [4.69, 9.17) is 4.74 Å². The van der Waals surface area contributed by atoms with Crippen LogP contribution in [0.3, 0.4) is 0 Å². The zero-order valence-electron chi connectivity index (χ0n) is 18.0. The first-order valence-corrected chi connectivity index (χ1v) is 12.5. The van der Waals surface area contributed by atoms with E-state index in [2.05, 4.69) is 21.8 Å². The standard InChI is InChI=1S/C23H29N3O4S/c1-25(20(16-26-12-6-7-13-26)17-8-4-3-5-9-17)23(27)22-15-18-14-19(24-31(2,28)29)10-11-21(18)30-22/h3-5,8-11,14,20,22,24H,6-7,12-13,15-16H2,1-2H3. The number of rotatable bonds is 7. The van der Waals surface area contributed by atoms with Crippen molar-refractivity contribution in [3.63, 3.8) is 0 Å². The van der Waals surface area contributed by atoms with E-state index >= 15 is 0 Å². The first-order chi connectivity index (χ1) is 14.8. The van der Waals surface area contributed by atoms with Gasteiger partial charge in [-0.25, -0.2) is 8.42 Å². The van der Waals surface area contributed by atoms with Gasteiger partial charge in [-0.3, -0.25) is 9.52 Å². The Bertz CT molecular complexity index is 1040. The zero-order valence-corrected chi connectivity index (χ0v) is 18.8. The van der Waals surface area contributed by atoms with Gasteiger partial charge in [-0.1, -0.05) is 30.3 Å². The van der Waals surface area contributed by atoms with E-state index < -0.39 is 16.1 Å². The Balaban J connectivity index is 1.50. The normalized spacial score (nSPS) is 19.5. The summed E-state index contributed by atoms with van der Waals surface area (Å²) in [4.78, 5) is 17.6. The van der Waals surface area contributed by atoms with Gasteiger partial charge in [0, 0.05) is 31.3 Å². The summed E-state index contributed by atoms with van der Waals surface area (Å²) in [6.07, 6.45) is 3.32. The fourth-order valence-electron chi connectivity index (χ4n) is 4.38. The van der Waals surface area contributed by atoms with Gasteiger partial charge >= 0.3 is 0 Å². The molecule has 2 aromatic rings. The van der Waals surface area contributed by atoms with Crippen LogP contribution in [0.5, 0.6) is 5.75 Å². The summed E-state index contributed by atoms with van der Waals surface area (Å²) >= 11 is 0. The first kappa shape index (κ1) is 21.6. The summed E-state index contributed by atoms with van der Waals surface area (Å²) in [6, 6.07) is 15.2. The minimum absolute atomic E-state index is 0.0541. The van der Waals surface area contributed by atoms with E-state index in [1.807, 2.05) is 25.2 Å². The van der Waals surface area contributed by atoms with E-state index in [0.717, 1.165) is 37.0 Å². The average molecular weight is 444 g/mol. The third-order valence-corrected chi connectivity index (χ3v) is 6.55. The van der Waals surface area contributed by atoms with Gasteiger partial charge in [0.05, 0.1) is 12.3 Å². The number of anilines is 1. The first-order valence-electron chi connectivity index (χ1n) is 10.6. The number of fused-ring (bicyclic) bond motifs is 1. The number of carbonyl (C=O) groups is 1. The molecule has 2 aromatic carbocycles. The summed E-state index contributed by atoms with van der Waals surface area (Å²) < 4.78 is 31.4. The van der Waals surface area contributed by atoms with Gasteiger partial charge in [0.25, 0.3) is 5.91 Å². The van der Waals surface area contributed by atoms with E-state index in [-0.39, 0.29) is 11.9 Å². The molecule has 1 amide bonds. The predicted octanol–water partition coefficient (Wildman–Crippen LogP) is 2.66. The van der Waals surface area contributed by atoms with Crippen LogP contribution < -0.4 is 9.46 Å². The number of likely N-dealkylation sites (N-methyl/N-ethyl adjacent to an activating group) is 1. The van der Waals surface area contributed by atoms with Crippen molar-refractivity contribution in [2.24, 2.45) is 0 Å². The molecule has 1 saturated heterocycles. The van der Waals surface area contributed by atoms with Crippen LogP contribution in [0.15, 0.2) is 48.5 Å². The molecule has 0 spiro atoms. The lowest BCUT2D eigenvalue weighted by Crippen LogP contribution is -2.44. The number of benzene rings is 2. The molecule has 4 rings (SSSR count). The van der Waals surface area contributed by atoms with Crippen LogP contribution in [-0.4, -0.2) is 63.2 Å². The second-order valence-corrected chi connectivity index (χ2v) is 10.1. The fourth-order valence-corrected chi connectivity index (χ4v) is 4.94. The topological polar surface area (TPSA) is 79.0 Å². The van der Waals surface area contributed by atoms with Crippen LogP contribution in [0.4, 0.5) is 5.69 Å². The summed E-state index contributed by atoms with van der Waals surface area (Å²) in [5, 5.41) is 0. The maximum Gasteiger partial charge on any atom is 0.264 e. The monoisotopic (exact) mass is 443 g/mol. The van der Waals surface area contributed by atoms with Gasteiger partial charge in [-0.05, 0) is 49.7 Å². The van der Waals surface area contributed by atoms with Gasteiger partial charge in [-0.2, -0.15) is 0 Å². The van der Waals surface area contributed by atoms with E-state index in [9.17, 15) is 13.2 Å². The molecule has 7 nitrogen and oxygen atoms in total. The molecule has 1 N–H and O–H groups in total. The number of ether oxygens (including phenoxy) is 1. The lowest BCUT2D eigenvalue weighted by Gasteiger charge is -2.33. The summed E-state index contributed by atoms with van der Waals surface area (Å²) in [7, 11) is -1.52. The van der Waals surface area contributed by atoms with Crippen LogP contribution in [-0.2, 0) is 21.2 Å². The number of likely N-dealkylation sites (tertiary alicyclic amines) is 1. The maximum absolute atomic E-state index is 13.4. The highest BCUT2D eigenvalue weighted by Gasteiger charge is 2.35. The van der Waals surface area contributed by atoms with Crippen molar-refractivity contribution in [1.29, 1.82) is 0 Å². The number of hydrogen-bond acceptors (Lipinski definition) is 5. The number of nitrogens with zero attached hydrogens (tertiary/aromatic N) is 2. The lowest BCUT2D eigenvalue weighted by atomic mass is 10.0. The molecule has 2 atom stereocenters. The number of carbonyl (C=O) groups excluding carboxylic acids is 1. The average Bonchev–Trinajstić information content (AvgIpc) is 3.39. The molecule has 0 bridgehead atoms. The number of amides is 1. The molecule has 2 heterocycles. The van der Waals surface area contributed by atoms with Crippen molar-refractivity contribution in [2.45, 2.75) is 31.4 Å². The minimum Gasteiger partial charge on any atom is -0.480 e. The van der Waals surface area contributed by atoms with Crippen molar-refractivity contribution in [3.05, 3.63) is 59.7 Å². The third kappa shape index (κ3) is 5.19. The highest BCUT2D eigenvalue weighted by Crippen LogP contribution is 2.33. The highest BCUT2D eigenvalue weighted by atomic mass is 32.2. The van der Waals surface area contributed by atoms with Crippen LogP contribution in [0.25, 0.3) is 0 Å². The van der Waals surface area contributed by atoms with Crippen molar-refractivity contribution in [1.82, 2.24) is 9.80 Å². The second kappa shape index (κ2) is 8.88. The number of hydrogen-bond donors (Lipinski definition) is 1. The van der Waals surface area contributed by atoms with Gasteiger partial charge in [0.1, 0.15) is 5.75 Å². The van der Waals surface area contributed by atoms with Crippen molar-refractivity contribution < 1.29 is 17.9 Å². The summed E-state index contributed by atoms with van der Waals surface area (Å²) in [5.41, 5.74) is 2.42. The highest BCUT2D eigenvalue weighted by molar-refractivity contribution is 7.92. The van der Waals surface area contributed by atoms with E-state index in [1.54, 1.807) is 23.1 Å². The van der Waals surface area contributed by atoms with Crippen LogP contribution in [0, 0.1) is 0 Å². The van der Waals surface area contributed by atoms with Gasteiger partial charge in [0.15, 0.2) is 6.10 Å². The molecule has 2 aliphatic rings. The zero-order chi connectivity index (χ0) is 22.0. The molecule has 0 aliphatic carbocycles. The molecule has 8 heteroatoms. The van der Waals surface area contributed by atoms with Gasteiger partial charge in [0.2, 0.25) is 10.0 Å². The molecular formula is C23H29N3O4S. The molecule has 0 aromatic heterocycles. The maximum atomic E-state index is 13.4. The Hall–Kier alpha value is -2.58. The predicted molar refractivity (Wildman–Crippen MR) is 121 cm³/mol. The molecule has 1 fully saturated rings. The Morgan fingerprint density at radius 2 is 1.90 bits per heavy atom. The van der Waals surface area contributed by atoms with Crippen LogP contribution in [0.2, 0.25) is 0 Å². The Labute approximate surface area is 184 Å². The Morgan fingerprint density at radius 3 is 2.58 bits per heavy atom. The molecule has 166 valence electrons. The molecule has 2 unspecified atom stereocenters. The lowest BCUT2D eigenvalue weighted by molar-refractivity contribution is -0.139. The smallest absolute Gasteiger partial charge is 0.264 e. The van der Waals surface area contributed by atoms with Crippen LogP contribution in [0.1, 0.15) is 30.0 Å². The number of sulfonamides is 1. The molecule has 0 radical (unpaired) electrons. The van der Waals surface area contributed by atoms with Crippen molar-refractivity contribution >= 4 is 21.6 Å². The van der Waals surface area contributed by atoms with Crippen molar-refractivity contribution in [2.75, 3.05) is 37.7 Å². The fraction of sp³-hybridized carbons (Fsp3) is 0.435. The third-order valence-electron chi connectivity index (χ3n) is 5.94. The SMILES string of the molecule is CN(C(=O)C1Cc2cc(NS(C)(=O)=O)ccc2O1)C(CN1CCCC1)c1ccccc1. The number of nitrogens with one attached hydrogen (secondary N) is 1. The Kier molecular flexibility index (Phi) is 6.20. The summed E-state index contributed by atoms with van der Waals surface area (Å²) in [5.74, 6) is 0.559. The largest absolute Gasteiger partial charge is 0.480 e.